The summed E-state index contributed by atoms with van der Waals surface area (Å²) in [6.45, 7) is 40.7. The molecule has 0 saturated carbocycles. The standard InChI is InChI=1S/C26H26N3OS3.C19H19N2S2.C18H20N2O2S.C16H20N2O3S3.C16H16N2O2S2.C13H14N2O3S3.ClH.HI.K/c1-4-27-18-11-7-9-13-20(18)31-23(27)16-15-22-26(30)29(6-3)25(33-22)17-24-28(5-2)19-12-8-10-14-21(19)32-24;1-3-20-14-9-5-7-11-16(14)22-18(20)13-19-21(4-2)15-10-6-8-12-17(15)23-19;1-5-20-16(21)14(22-17(20)23)10-11-15-18(2,3)12-8-6-7-9-13(12)19(15)4;1-5-17-10(4)13(15(20)21-7-3)24-12(17)9-8-11-14(19)18(6-2)16(22)23-11;1-3-17-11-7-5-6-8-13(11)22-14(17)10-9-12-15(19)18(4-2)16(21)20-12;1-4-15-11(16)8(20-13(15)19)5-6-9-14(3)7(2)10(21-9)12(17)18;;;/h7-17H,4-6H2,1-3H3;5-13H,3-4H2,1-2H3;6-11H,5H2,1-4H3;8-9H,5-7H2,1-4H3;5-10H,3-4H2,1-2H3;5-6H,4H2,1-3H3,(H,17,18);2*1H;/q2*+1;;;;;;;+1/p-3/b22-15+,23-16-;;14-10+,15-11+;11-8+,12-9-;12-9+,14-10-;8-5+,9-6-;;;. The largest absolute Gasteiger partial charge is 1.00 e. The first-order chi connectivity index (χ1) is 70.3. The molecule has 0 aliphatic carbocycles. The van der Waals surface area contributed by atoms with Crippen molar-refractivity contribution in [1.29, 1.82) is 0 Å². The summed E-state index contributed by atoms with van der Waals surface area (Å²) in [4.78, 5) is 110. The molecule has 4 fully saturated rings. The van der Waals surface area contributed by atoms with Crippen LogP contribution in [0.2, 0.25) is 0 Å². The average Bonchev–Trinajstić information content (AvgIpc) is 1.59. The quantitative estimate of drug-likeness (QED) is 0.0163. The van der Waals surface area contributed by atoms with Gasteiger partial charge in [0.15, 0.2) is 11.5 Å². The molecule has 4 amide bonds. The molecule has 10 aliphatic rings. The van der Waals surface area contributed by atoms with Crippen LogP contribution in [-0.2, 0) is 68.0 Å². The van der Waals surface area contributed by atoms with Gasteiger partial charge in [0.2, 0.25) is 11.0 Å². The smallest absolute Gasteiger partial charge is 1.00 e. The summed E-state index contributed by atoms with van der Waals surface area (Å²) in [6.07, 6.45) is 23.0. The minimum Gasteiger partial charge on any atom is -1.00 e. The minimum absolute atomic E-state index is 0. The Balaban J connectivity index is 0.000000170. The number of hydrogen-bond donors (Lipinski definition) is 0. The maximum atomic E-state index is 13.2. The second kappa shape index (κ2) is 55.3. The van der Waals surface area contributed by atoms with Crippen LogP contribution in [0.3, 0.4) is 0 Å². The predicted octanol–water partition coefficient (Wildman–Crippen LogP) is 12.2. The van der Waals surface area contributed by atoms with Crippen LogP contribution < -0.4 is 136 Å². The molecule has 0 spiro atoms. The number of hydrogen-bond acceptors (Lipinski definition) is 31. The van der Waals surface area contributed by atoms with Gasteiger partial charge >= 0.3 is 57.4 Å². The van der Waals surface area contributed by atoms with Gasteiger partial charge in [-0.2, -0.15) is 9.13 Å². The molecule has 0 N–H and O–H groups in total. The molecular formula is C108H114ClIKN13O11S14. The van der Waals surface area contributed by atoms with Crippen LogP contribution in [0.15, 0.2) is 293 Å². The molecule has 0 atom stereocenters. The number of aliphatic carboxylic acids is 1. The van der Waals surface area contributed by atoms with Crippen LogP contribution in [0.4, 0.5) is 22.7 Å². The molecule has 3 aromatic heterocycles. The number of anilines is 4. The van der Waals surface area contributed by atoms with Crippen LogP contribution in [0.1, 0.15) is 126 Å². The number of allylic oxidation sites excluding steroid dienone is 12. The summed E-state index contributed by atoms with van der Waals surface area (Å²) in [5.74, 6) is -1.45. The molecule has 41 heteroatoms. The molecule has 149 heavy (non-hydrogen) atoms. The summed E-state index contributed by atoms with van der Waals surface area (Å²) in [5, 5.41) is 19.1. The molecule has 9 aromatic rings. The van der Waals surface area contributed by atoms with E-state index in [0.717, 1.165) is 91.7 Å². The molecule has 4 saturated heterocycles. The Bertz CT molecular complexity index is 7360. The van der Waals surface area contributed by atoms with Crippen LogP contribution in [0.25, 0.3) is 38.7 Å². The fraction of sp³-hybridized carbons (Fsp3) is 0.287. The van der Waals surface area contributed by atoms with Gasteiger partial charge in [0.05, 0.1) is 86.2 Å². The van der Waals surface area contributed by atoms with E-state index in [1.165, 1.54) is 128 Å². The SMILES string of the molecule is CCN1/C(=C/C=c2/s/c(=C\c3sc4ccccc4[n+]3CC)n(CC)c2=O)Sc2ccccc21.CCN1/C(=C/c2sc3ccccc3[n+]2CC)Sc2ccccc21.CCN1C(=O)/C(=C\C=C2/SC(C(=O)[O-])=C(C)N2C)SC1=S.CCN1C(=O)/C(=C\C=C2/Sc3ccccc3N2CC)OC1=S.CCN1C(=O)/C(=C\C=C2\N(C)c3ccccc3C2(C)C)OC1=S.CCOC(=O)C1=C(C)N(CC)/C(=C/C=C2/SC(=S)N(CC)C2=O)S1.[Cl-].[I-].[K+]. The molecule has 24 nitrogen and oxygen atoms in total. The number of nitrogens with zero attached hydrogens (tertiary/aromatic N) is 13. The molecule has 0 radical (unpaired) electrons. The van der Waals surface area contributed by atoms with E-state index in [1.807, 2.05) is 131 Å². The van der Waals surface area contributed by atoms with Crippen LogP contribution in [-0.4, -0.2) is 162 Å². The van der Waals surface area contributed by atoms with Gasteiger partial charge in [-0.25, -0.2) is 4.79 Å². The number of likely N-dealkylation sites (N-methyl/N-ethyl adjacent to an activating group) is 5. The minimum atomic E-state index is -1.19. The van der Waals surface area contributed by atoms with Crippen molar-refractivity contribution < 1.29 is 145 Å². The third kappa shape index (κ3) is 26.6. The van der Waals surface area contributed by atoms with Gasteiger partial charge in [0, 0.05) is 128 Å². The van der Waals surface area contributed by atoms with Crippen molar-refractivity contribution in [2.75, 3.05) is 92.7 Å². The van der Waals surface area contributed by atoms with Crippen molar-refractivity contribution >= 4 is 281 Å². The van der Waals surface area contributed by atoms with Crippen molar-refractivity contribution in [2.45, 2.75) is 151 Å². The monoisotopic (exact) mass is 2420 g/mol. The maximum absolute atomic E-state index is 13.2. The van der Waals surface area contributed by atoms with E-state index in [4.69, 9.17) is 63.1 Å². The number of esters is 1. The summed E-state index contributed by atoms with van der Waals surface area (Å²) in [6, 6.07) is 50.9. The average molecular weight is 2420 g/mol. The molecule has 13 heterocycles. The number of benzene rings is 6. The number of carbonyl (C=O) groups excluding carboxylic acids is 6. The third-order valence-electron chi connectivity index (χ3n) is 24.6. The number of aryl methyl sites for hydroxylation is 2. The summed E-state index contributed by atoms with van der Waals surface area (Å²) in [7, 11) is 3.81. The van der Waals surface area contributed by atoms with Gasteiger partial charge in [-0.1, -0.05) is 222 Å². The normalized spacial score (nSPS) is 19.3. The Morgan fingerprint density at radius 1 is 0.416 bits per heavy atom. The van der Waals surface area contributed by atoms with Crippen molar-refractivity contribution in [2.24, 2.45) is 0 Å². The van der Waals surface area contributed by atoms with Crippen molar-refractivity contribution in [3.63, 3.8) is 0 Å². The fourth-order valence-corrected chi connectivity index (χ4v) is 29.5. The van der Waals surface area contributed by atoms with Crippen LogP contribution in [0.5, 0.6) is 0 Å². The van der Waals surface area contributed by atoms with Gasteiger partial charge in [-0.05, 0) is 242 Å². The molecule has 0 bridgehead atoms. The zero-order valence-corrected chi connectivity index (χ0v) is 104. The van der Waals surface area contributed by atoms with Crippen molar-refractivity contribution in [3.8, 4) is 0 Å². The Labute approximate surface area is 999 Å². The molecule has 6 aromatic carbocycles. The molecule has 10 aliphatic heterocycles. The number of ether oxygens (including phenoxy) is 3. The number of para-hydroxylation sites is 6. The Morgan fingerprint density at radius 3 is 1.24 bits per heavy atom. The summed E-state index contributed by atoms with van der Waals surface area (Å²) in [5.41, 5.74) is 11.4. The first-order valence-electron chi connectivity index (χ1n) is 47.9. The predicted molar refractivity (Wildman–Crippen MR) is 621 cm³/mol. The second-order valence-electron chi connectivity index (χ2n) is 33.3. The molecule has 0 unspecified atom stereocenters. The van der Waals surface area contributed by atoms with E-state index in [0.29, 0.717) is 68.4 Å². The number of thioether (sulfide) groups is 7. The Morgan fingerprint density at radius 2 is 0.812 bits per heavy atom. The third-order valence-corrected chi connectivity index (χ3v) is 37.2. The number of thiazole rings is 3. The zero-order chi connectivity index (χ0) is 105. The Kier molecular flexibility index (Phi) is 44.9. The Hall–Kier alpha value is -8.16. The number of carbonyl (C=O) groups is 6. The van der Waals surface area contributed by atoms with E-state index < -0.39 is 5.97 Å². The molecular weight excluding hydrogens is 2310 g/mol. The van der Waals surface area contributed by atoms with Crippen molar-refractivity contribution in [3.05, 3.63) is 309 Å². The number of carboxylic acids is 1. The molecule has 776 valence electrons. The number of thiocarbonyl (C=S) groups is 4. The second-order valence-corrected chi connectivity index (χ2v) is 45.8. The number of rotatable bonds is 21. The maximum Gasteiger partial charge on any atom is 1.00 e. The van der Waals surface area contributed by atoms with Crippen LogP contribution >= 0.6 is 165 Å². The van der Waals surface area contributed by atoms with E-state index in [9.17, 15) is 38.7 Å². The van der Waals surface area contributed by atoms with E-state index >= 15 is 0 Å². The van der Waals surface area contributed by atoms with Crippen molar-refractivity contribution in [1.82, 2.24) is 34.0 Å². The number of halogens is 2. The van der Waals surface area contributed by atoms with Gasteiger partial charge in [-0.15, -0.1) is 11.3 Å². The topological polar surface area (TPSA) is 215 Å². The number of fused-ring (bicyclic) bond motifs is 6. The fourth-order valence-electron chi connectivity index (χ4n) is 17.1. The van der Waals surface area contributed by atoms with E-state index in [2.05, 4.69) is 223 Å². The number of carboxylic acid groups (broad SMARTS) is 1. The number of aromatic nitrogens is 3. The number of amides is 4. The van der Waals surface area contributed by atoms with E-state index in [-0.39, 0.29) is 155 Å². The van der Waals surface area contributed by atoms with Gasteiger partial charge in [0.25, 0.3) is 49.6 Å². The zero-order valence-electron chi connectivity index (χ0n) is 86.0. The summed E-state index contributed by atoms with van der Waals surface area (Å²) < 4.78 is 28.0. The van der Waals surface area contributed by atoms with Gasteiger partial charge < -0.3 is 89.9 Å². The van der Waals surface area contributed by atoms with Gasteiger partial charge in [-0.3, -0.25) is 48.1 Å². The van der Waals surface area contributed by atoms with E-state index in [1.54, 1.807) is 107 Å². The van der Waals surface area contributed by atoms with Gasteiger partial charge in [0.1, 0.15) is 40.7 Å². The first kappa shape index (κ1) is 121. The van der Waals surface area contributed by atoms with Crippen LogP contribution in [0, 0.1) is 0 Å². The molecule has 19 rings (SSSR count). The summed E-state index contributed by atoms with van der Waals surface area (Å²) >= 11 is 36.1. The first-order valence-corrected chi connectivity index (χ1v) is 57.7.